The van der Waals surface area contributed by atoms with Crippen LogP contribution in [0.2, 0.25) is 0 Å². The van der Waals surface area contributed by atoms with Crippen molar-refractivity contribution in [3.63, 3.8) is 0 Å². The van der Waals surface area contributed by atoms with Crippen molar-refractivity contribution in [1.82, 2.24) is 0 Å². The van der Waals surface area contributed by atoms with E-state index >= 15 is 0 Å². The van der Waals surface area contributed by atoms with Gasteiger partial charge in [0.1, 0.15) is 5.78 Å². The second-order valence-electron chi connectivity index (χ2n) is 12.4. The molecule has 7 rings (SSSR count). The van der Waals surface area contributed by atoms with Crippen molar-refractivity contribution in [1.29, 1.82) is 0 Å². The van der Waals surface area contributed by atoms with Crippen LogP contribution in [0.25, 0.3) is 0 Å². The van der Waals surface area contributed by atoms with Crippen molar-refractivity contribution in [3.05, 3.63) is 46.5 Å². The second-order valence-corrected chi connectivity index (χ2v) is 12.4. The lowest BCUT2D eigenvalue weighted by molar-refractivity contribution is -0.208. The van der Waals surface area contributed by atoms with Gasteiger partial charge in [0.25, 0.3) is 0 Å². The Morgan fingerprint density at radius 3 is 2.31 bits per heavy atom. The lowest BCUT2D eigenvalue weighted by Crippen LogP contribution is -2.53. The van der Waals surface area contributed by atoms with Crippen LogP contribution in [0, 0.1) is 17.3 Å². The third kappa shape index (κ3) is 3.31. The highest BCUT2D eigenvalue weighted by Gasteiger charge is 2.60. The summed E-state index contributed by atoms with van der Waals surface area (Å²) in [5.41, 5.74) is 3.71. The van der Waals surface area contributed by atoms with Crippen molar-refractivity contribution in [2.24, 2.45) is 17.3 Å². The first-order chi connectivity index (χ1) is 17.3. The van der Waals surface area contributed by atoms with Gasteiger partial charge in [0.2, 0.25) is 0 Å². The highest BCUT2D eigenvalue weighted by atomic mass is 16.7. The van der Waals surface area contributed by atoms with Gasteiger partial charge < -0.3 is 24.1 Å². The fraction of sp³-hybridized carbons (Fsp3) is 0.700. The van der Waals surface area contributed by atoms with Gasteiger partial charge in [0.15, 0.2) is 11.6 Å². The van der Waals surface area contributed by atoms with Crippen LogP contribution in [0.3, 0.4) is 0 Å². The molecule has 4 aliphatic carbocycles. The van der Waals surface area contributed by atoms with Gasteiger partial charge in [-0.25, -0.2) is 0 Å². The highest BCUT2D eigenvalue weighted by Crippen LogP contribution is 2.64. The number of rotatable bonds is 2. The number of ketones is 1. The summed E-state index contributed by atoms with van der Waals surface area (Å²) < 4.78 is 23.8. The maximum absolute atomic E-state index is 13.2. The molecular formula is C30H38O6. The topological polar surface area (TPSA) is 74.2 Å². The molecule has 1 aromatic rings. The smallest absolute Gasteiger partial charge is 0.192 e. The number of hydrogen-bond acceptors (Lipinski definition) is 6. The maximum Gasteiger partial charge on any atom is 0.192 e. The molecule has 0 amide bonds. The average Bonchev–Trinajstić information content (AvgIpc) is 3.58. The summed E-state index contributed by atoms with van der Waals surface area (Å²) in [7, 11) is 0. The molecule has 0 bridgehead atoms. The third-order valence-electron chi connectivity index (χ3n) is 10.6. The molecule has 36 heavy (non-hydrogen) atoms. The van der Waals surface area contributed by atoms with E-state index in [2.05, 4.69) is 31.2 Å². The van der Waals surface area contributed by atoms with E-state index in [1.807, 2.05) is 6.92 Å². The molecule has 5 unspecified atom stereocenters. The number of hydrogen-bond donors (Lipinski definition) is 1. The monoisotopic (exact) mass is 494 g/mol. The summed E-state index contributed by atoms with van der Waals surface area (Å²) >= 11 is 0. The number of Topliss-reactive ketones (excluding diaryl/α,β-unsaturated/α-hetero) is 1. The first-order valence-electron chi connectivity index (χ1n) is 13.9. The molecule has 0 radical (unpaired) electrons. The normalized spacial score (nSPS) is 40.9. The van der Waals surface area contributed by atoms with Crippen LogP contribution in [0.1, 0.15) is 82.3 Å². The summed E-state index contributed by atoms with van der Waals surface area (Å²) in [6, 6.07) is 8.64. The summed E-state index contributed by atoms with van der Waals surface area (Å²) in [6.45, 7) is 6.62. The second kappa shape index (κ2) is 7.97. The molecule has 194 valence electrons. The summed E-state index contributed by atoms with van der Waals surface area (Å²) in [4.78, 5) is 13.2. The van der Waals surface area contributed by atoms with E-state index in [-0.39, 0.29) is 11.3 Å². The van der Waals surface area contributed by atoms with Gasteiger partial charge >= 0.3 is 0 Å². The Bertz CT molecular complexity index is 1090. The minimum Gasteiger partial charge on any atom is -0.385 e. The molecule has 1 aromatic carbocycles. The van der Waals surface area contributed by atoms with Crippen molar-refractivity contribution in [2.45, 2.75) is 88.3 Å². The van der Waals surface area contributed by atoms with Crippen LogP contribution in [0.4, 0.5) is 0 Å². The van der Waals surface area contributed by atoms with Gasteiger partial charge in [-0.3, -0.25) is 4.79 Å². The average molecular weight is 495 g/mol. The van der Waals surface area contributed by atoms with E-state index in [4.69, 9.17) is 18.9 Å². The Balaban J connectivity index is 1.31. The fourth-order valence-electron chi connectivity index (χ4n) is 8.78. The van der Waals surface area contributed by atoms with Gasteiger partial charge in [-0.15, -0.1) is 0 Å². The highest BCUT2D eigenvalue weighted by molar-refractivity contribution is 5.87. The zero-order valence-corrected chi connectivity index (χ0v) is 21.5. The van der Waals surface area contributed by atoms with Crippen molar-refractivity contribution >= 4 is 5.78 Å². The van der Waals surface area contributed by atoms with Gasteiger partial charge in [0.05, 0.1) is 32.0 Å². The maximum atomic E-state index is 13.2. The van der Waals surface area contributed by atoms with E-state index in [9.17, 15) is 9.90 Å². The van der Waals surface area contributed by atoms with Gasteiger partial charge in [-0.1, -0.05) is 36.8 Å². The molecular weight excluding hydrogens is 456 g/mol. The Kier molecular flexibility index (Phi) is 5.21. The molecule has 6 aliphatic rings. The van der Waals surface area contributed by atoms with Gasteiger partial charge in [-0.05, 0) is 62.0 Å². The van der Waals surface area contributed by atoms with Crippen molar-refractivity contribution in [2.75, 3.05) is 26.4 Å². The molecule has 1 N–H and O–H groups in total. The minimum absolute atomic E-state index is 0.131. The molecule has 2 aliphatic heterocycles. The summed E-state index contributed by atoms with van der Waals surface area (Å²) in [6.07, 6.45) is 6.25. The third-order valence-corrected chi connectivity index (χ3v) is 10.6. The number of carbonyl (C=O) groups excluding carboxylic acids is 1. The molecule has 5 fully saturated rings. The number of allylic oxidation sites excluding steroid dienone is 1. The predicted molar refractivity (Wildman–Crippen MR) is 132 cm³/mol. The first-order valence-corrected chi connectivity index (χ1v) is 13.9. The van der Waals surface area contributed by atoms with Crippen LogP contribution in [0.15, 0.2) is 35.4 Å². The van der Waals surface area contributed by atoms with Gasteiger partial charge in [-0.2, -0.15) is 0 Å². The molecule has 6 nitrogen and oxygen atoms in total. The lowest BCUT2D eigenvalue weighted by atomic mass is 9.51. The fourth-order valence-corrected chi connectivity index (χ4v) is 8.78. The summed E-state index contributed by atoms with van der Waals surface area (Å²) in [5.74, 6) is -0.0406. The molecule has 5 atom stereocenters. The molecule has 3 saturated carbocycles. The van der Waals surface area contributed by atoms with E-state index in [0.717, 1.165) is 44.1 Å². The quantitative estimate of drug-likeness (QED) is 0.599. The molecule has 2 heterocycles. The van der Waals surface area contributed by atoms with E-state index in [1.165, 1.54) is 16.7 Å². The van der Waals surface area contributed by atoms with E-state index in [0.29, 0.717) is 56.9 Å². The largest absolute Gasteiger partial charge is 0.385 e. The van der Waals surface area contributed by atoms with Crippen LogP contribution >= 0.6 is 0 Å². The number of ether oxygens (including phenoxy) is 4. The van der Waals surface area contributed by atoms with Crippen LogP contribution in [0.5, 0.6) is 0 Å². The zero-order valence-electron chi connectivity index (χ0n) is 21.5. The van der Waals surface area contributed by atoms with Gasteiger partial charge in [0, 0.05) is 36.2 Å². The van der Waals surface area contributed by atoms with Crippen LogP contribution < -0.4 is 0 Å². The summed E-state index contributed by atoms with van der Waals surface area (Å²) in [5, 5.41) is 12.1. The zero-order chi connectivity index (χ0) is 24.8. The number of aliphatic hydroxyl groups is 1. The number of benzene rings is 1. The van der Waals surface area contributed by atoms with E-state index < -0.39 is 17.2 Å². The molecule has 0 aromatic heterocycles. The molecule has 1 spiro atoms. The molecule has 6 heteroatoms. The van der Waals surface area contributed by atoms with Crippen molar-refractivity contribution < 1.29 is 28.8 Å². The first kappa shape index (κ1) is 23.5. The minimum atomic E-state index is -0.887. The lowest BCUT2D eigenvalue weighted by Gasteiger charge is -2.55. The Morgan fingerprint density at radius 2 is 1.58 bits per heavy atom. The number of fused-ring (bicyclic) bond motifs is 4. The predicted octanol–water partition coefficient (Wildman–Crippen LogP) is 4.74. The van der Waals surface area contributed by atoms with Crippen LogP contribution in [-0.2, 0) is 29.5 Å². The Labute approximate surface area is 213 Å². The SMILES string of the molecule is CC1(c2ccc(C3CC4(C)C(=O)CCC4C4CCC5(O)CC6(CCC5=C34)OCCO6)cc2)OCCO1. The van der Waals surface area contributed by atoms with E-state index in [1.54, 1.807) is 0 Å². The number of carbonyl (C=O) groups is 1. The van der Waals surface area contributed by atoms with Crippen LogP contribution in [-0.4, -0.2) is 48.7 Å². The Morgan fingerprint density at radius 1 is 0.889 bits per heavy atom. The Hall–Kier alpha value is -1.57. The molecule has 2 saturated heterocycles. The standard InChI is InChI=1S/C30H38O6/c1-27-17-22(19-3-5-20(6-4-19)28(2)33-13-14-34-28)26-21(23(27)7-8-25(27)31)9-11-29(32)18-30(12-10-24(26)29)35-15-16-36-30/h3-6,21-23,32H,7-18H2,1-2H3. The van der Waals surface area contributed by atoms with Crippen molar-refractivity contribution in [3.8, 4) is 0 Å².